The highest BCUT2D eigenvalue weighted by atomic mass is 16.5. The van der Waals surface area contributed by atoms with E-state index in [1.54, 1.807) is 0 Å². The Kier molecular flexibility index (Phi) is 3.74. The Hall–Kier alpha value is -1.31. The smallest absolute Gasteiger partial charge is 0.175 e. The molecule has 0 aliphatic heterocycles. The van der Waals surface area contributed by atoms with Gasteiger partial charge in [0.25, 0.3) is 0 Å². The number of Topliss-reactive ketones (excluding diaryl/α,β-unsaturated/α-hetero) is 1. The van der Waals surface area contributed by atoms with Crippen molar-refractivity contribution in [2.24, 2.45) is 5.41 Å². The highest BCUT2D eigenvalue weighted by Gasteiger charge is 2.21. The molecule has 0 heterocycles. The largest absolute Gasteiger partial charge is 0.486 e. The maximum Gasteiger partial charge on any atom is 0.175 e. The molecular weight excluding hydrogens is 200 g/mol. The predicted molar refractivity (Wildman–Crippen MR) is 65.9 cm³/mol. The summed E-state index contributed by atoms with van der Waals surface area (Å²) in [5.41, 5.74) is 1.97. The fourth-order valence-electron chi connectivity index (χ4n) is 1.38. The zero-order chi connectivity index (χ0) is 12.3. The van der Waals surface area contributed by atoms with Gasteiger partial charge in [-0.2, -0.15) is 0 Å². The summed E-state index contributed by atoms with van der Waals surface area (Å²) in [6, 6.07) is 5.98. The van der Waals surface area contributed by atoms with Crippen molar-refractivity contribution in [2.75, 3.05) is 6.61 Å². The molecule has 0 N–H and O–H groups in total. The van der Waals surface area contributed by atoms with Crippen molar-refractivity contribution in [3.8, 4) is 5.75 Å². The van der Waals surface area contributed by atoms with Gasteiger partial charge in [0.2, 0.25) is 0 Å². The second kappa shape index (κ2) is 4.69. The third-order valence-electron chi connectivity index (χ3n) is 2.40. The molecule has 16 heavy (non-hydrogen) atoms. The average Bonchev–Trinajstić information content (AvgIpc) is 2.11. The SMILES string of the molecule is Cc1cc(C)cc(OCC(=O)C(C)(C)C)c1. The van der Waals surface area contributed by atoms with Crippen LogP contribution in [0.5, 0.6) is 5.75 Å². The first-order valence-corrected chi connectivity index (χ1v) is 5.53. The third-order valence-corrected chi connectivity index (χ3v) is 2.40. The zero-order valence-corrected chi connectivity index (χ0v) is 10.8. The van der Waals surface area contributed by atoms with Crippen LogP contribution in [0.4, 0.5) is 0 Å². The van der Waals surface area contributed by atoms with Crippen molar-refractivity contribution in [1.29, 1.82) is 0 Å². The van der Waals surface area contributed by atoms with Crippen LogP contribution in [-0.4, -0.2) is 12.4 Å². The van der Waals surface area contributed by atoms with E-state index in [2.05, 4.69) is 6.07 Å². The van der Waals surface area contributed by atoms with Crippen molar-refractivity contribution < 1.29 is 9.53 Å². The van der Waals surface area contributed by atoms with E-state index in [4.69, 9.17) is 4.74 Å². The molecule has 0 aliphatic carbocycles. The van der Waals surface area contributed by atoms with Gasteiger partial charge in [-0.25, -0.2) is 0 Å². The normalized spacial score (nSPS) is 11.3. The zero-order valence-electron chi connectivity index (χ0n) is 10.8. The van der Waals surface area contributed by atoms with Gasteiger partial charge < -0.3 is 4.74 Å². The van der Waals surface area contributed by atoms with Crippen LogP contribution < -0.4 is 4.74 Å². The van der Waals surface area contributed by atoms with E-state index < -0.39 is 0 Å². The number of ketones is 1. The molecule has 88 valence electrons. The van der Waals surface area contributed by atoms with E-state index in [0.717, 1.165) is 16.9 Å². The molecule has 0 atom stereocenters. The first-order chi connectivity index (χ1) is 7.29. The summed E-state index contributed by atoms with van der Waals surface area (Å²) in [5.74, 6) is 0.891. The van der Waals surface area contributed by atoms with Crippen molar-refractivity contribution in [2.45, 2.75) is 34.6 Å². The summed E-state index contributed by atoms with van der Waals surface area (Å²) in [5, 5.41) is 0. The molecule has 0 saturated carbocycles. The summed E-state index contributed by atoms with van der Waals surface area (Å²) in [6.45, 7) is 9.89. The summed E-state index contributed by atoms with van der Waals surface area (Å²) < 4.78 is 5.51. The molecular formula is C14H20O2. The minimum Gasteiger partial charge on any atom is -0.486 e. The molecule has 2 heteroatoms. The highest BCUT2D eigenvalue weighted by Crippen LogP contribution is 2.19. The fraction of sp³-hybridized carbons (Fsp3) is 0.500. The summed E-state index contributed by atoms with van der Waals surface area (Å²) in [7, 11) is 0. The molecule has 2 nitrogen and oxygen atoms in total. The molecule has 1 aromatic carbocycles. The second-order valence-corrected chi connectivity index (χ2v) is 5.29. The second-order valence-electron chi connectivity index (χ2n) is 5.29. The number of carbonyl (C=O) groups excluding carboxylic acids is 1. The maximum atomic E-state index is 11.7. The molecule has 0 amide bonds. The Morgan fingerprint density at radius 3 is 2.06 bits per heavy atom. The van der Waals surface area contributed by atoms with Crippen LogP contribution in [0.3, 0.4) is 0 Å². The molecule has 1 rings (SSSR count). The van der Waals surface area contributed by atoms with Crippen LogP contribution in [0.2, 0.25) is 0 Å². The van der Waals surface area contributed by atoms with Crippen LogP contribution in [0.25, 0.3) is 0 Å². The molecule has 0 aromatic heterocycles. The van der Waals surface area contributed by atoms with E-state index in [1.807, 2.05) is 46.8 Å². The van der Waals surface area contributed by atoms with E-state index in [9.17, 15) is 4.79 Å². The van der Waals surface area contributed by atoms with Crippen LogP contribution in [0, 0.1) is 19.3 Å². The summed E-state index contributed by atoms with van der Waals surface area (Å²) in [4.78, 5) is 11.7. The van der Waals surface area contributed by atoms with Gasteiger partial charge >= 0.3 is 0 Å². The Bertz CT molecular complexity index is 366. The van der Waals surface area contributed by atoms with Gasteiger partial charge in [0, 0.05) is 5.41 Å². The minimum absolute atomic E-state index is 0.117. The third kappa shape index (κ3) is 3.69. The first-order valence-electron chi connectivity index (χ1n) is 5.53. The number of hydrogen-bond donors (Lipinski definition) is 0. The van der Waals surface area contributed by atoms with Crippen LogP contribution >= 0.6 is 0 Å². The molecule has 0 saturated heterocycles. The Balaban J connectivity index is 2.65. The number of rotatable bonds is 3. The molecule has 0 spiro atoms. The van der Waals surface area contributed by atoms with Gasteiger partial charge in [-0.1, -0.05) is 26.8 Å². The van der Waals surface area contributed by atoms with Gasteiger partial charge in [-0.15, -0.1) is 0 Å². The van der Waals surface area contributed by atoms with Crippen LogP contribution in [-0.2, 0) is 4.79 Å². The number of carbonyl (C=O) groups is 1. The molecule has 0 fully saturated rings. The van der Waals surface area contributed by atoms with Crippen molar-refractivity contribution in [3.05, 3.63) is 29.3 Å². The standard InChI is InChI=1S/C14H20O2/c1-10-6-11(2)8-12(7-10)16-9-13(15)14(3,4)5/h6-8H,9H2,1-5H3. The van der Waals surface area contributed by atoms with Crippen molar-refractivity contribution in [3.63, 3.8) is 0 Å². The molecule has 1 aromatic rings. The topological polar surface area (TPSA) is 26.3 Å². The van der Waals surface area contributed by atoms with E-state index in [1.165, 1.54) is 0 Å². The van der Waals surface area contributed by atoms with E-state index in [0.29, 0.717) is 0 Å². The number of benzene rings is 1. The van der Waals surface area contributed by atoms with E-state index >= 15 is 0 Å². The lowest BCUT2D eigenvalue weighted by molar-refractivity contribution is -0.128. The van der Waals surface area contributed by atoms with Gasteiger partial charge in [0.05, 0.1) is 0 Å². The fourth-order valence-corrected chi connectivity index (χ4v) is 1.38. The Labute approximate surface area is 97.6 Å². The van der Waals surface area contributed by atoms with Crippen molar-refractivity contribution >= 4 is 5.78 Å². The maximum absolute atomic E-state index is 11.7. The quantitative estimate of drug-likeness (QED) is 0.781. The predicted octanol–water partition coefficient (Wildman–Crippen LogP) is 3.30. The Morgan fingerprint density at radius 1 is 1.12 bits per heavy atom. The summed E-state index contributed by atoms with van der Waals surface area (Å²) >= 11 is 0. The minimum atomic E-state index is -0.334. The van der Waals surface area contributed by atoms with Crippen molar-refractivity contribution in [1.82, 2.24) is 0 Å². The lowest BCUT2D eigenvalue weighted by Crippen LogP contribution is -2.26. The van der Waals surface area contributed by atoms with Gasteiger partial charge in [-0.05, 0) is 37.1 Å². The molecule has 0 unspecified atom stereocenters. The lowest BCUT2D eigenvalue weighted by atomic mass is 9.91. The van der Waals surface area contributed by atoms with Gasteiger partial charge in [0.15, 0.2) is 5.78 Å². The Morgan fingerprint density at radius 2 is 1.62 bits per heavy atom. The number of hydrogen-bond acceptors (Lipinski definition) is 2. The molecule has 0 bridgehead atoms. The lowest BCUT2D eigenvalue weighted by Gasteiger charge is -2.17. The molecule has 0 aliphatic rings. The number of aryl methyl sites for hydroxylation is 2. The number of ether oxygens (including phenoxy) is 1. The monoisotopic (exact) mass is 220 g/mol. The van der Waals surface area contributed by atoms with E-state index in [-0.39, 0.29) is 17.8 Å². The van der Waals surface area contributed by atoms with Gasteiger partial charge in [-0.3, -0.25) is 4.79 Å². The average molecular weight is 220 g/mol. The summed E-state index contributed by atoms with van der Waals surface area (Å²) in [6.07, 6.45) is 0. The first kappa shape index (κ1) is 12.8. The van der Waals surface area contributed by atoms with Gasteiger partial charge in [0.1, 0.15) is 12.4 Å². The molecule has 0 radical (unpaired) electrons. The highest BCUT2D eigenvalue weighted by molar-refractivity contribution is 5.85. The van der Waals surface area contributed by atoms with Crippen LogP contribution in [0.15, 0.2) is 18.2 Å². The van der Waals surface area contributed by atoms with Crippen LogP contribution in [0.1, 0.15) is 31.9 Å².